The van der Waals surface area contributed by atoms with Gasteiger partial charge >= 0.3 is 0 Å². The Morgan fingerprint density at radius 2 is 2.00 bits per heavy atom. The average molecular weight is 408 g/mol. The first-order chi connectivity index (χ1) is 14.6. The number of allylic oxidation sites excluding steroid dienone is 1. The number of para-hydroxylation sites is 1. The zero-order valence-electron chi connectivity index (χ0n) is 18.5. The van der Waals surface area contributed by atoms with Crippen LogP contribution < -0.4 is 11.1 Å². The second-order valence-electron chi connectivity index (χ2n) is 9.42. The summed E-state index contributed by atoms with van der Waals surface area (Å²) in [5.74, 6) is 1.00. The van der Waals surface area contributed by atoms with Crippen LogP contribution in [0, 0.1) is 12.8 Å². The van der Waals surface area contributed by atoms with Crippen molar-refractivity contribution in [3.8, 4) is 0 Å². The number of nitrogens with zero attached hydrogens (tertiary/aromatic N) is 1. The third-order valence-electron chi connectivity index (χ3n) is 7.33. The van der Waals surface area contributed by atoms with Gasteiger partial charge in [0.1, 0.15) is 0 Å². The second-order valence-corrected chi connectivity index (χ2v) is 9.42. The van der Waals surface area contributed by atoms with Crippen LogP contribution >= 0.6 is 0 Å². The molecule has 4 heteroatoms. The highest BCUT2D eigenvalue weighted by molar-refractivity contribution is 5.93. The first-order valence-electron chi connectivity index (χ1n) is 11.9. The summed E-state index contributed by atoms with van der Waals surface area (Å²) >= 11 is 0. The highest BCUT2D eigenvalue weighted by Crippen LogP contribution is 2.31. The summed E-state index contributed by atoms with van der Waals surface area (Å²) in [6.07, 6.45) is 14.8. The number of carbonyl (C=O) groups excluding carboxylic acids is 1. The fourth-order valence-electron chi connectivity index (χ4n) is 5.24. The largest absolute Gasteiger partial charge is 0.398 e. The van der Waals surface area contributed by atoms with Crippen LogP contribution in [0.5, 0.6) is 0 Å². The Balaban J connectivity index is 1.18. The standard InChI is InChI=1S/C26H37N3O/c1-19-5-4-8-24(25(19)27)21-14-17-29(18-15-21)16-13-20-9-11-23(12-10-20)28-26(30)22-6-2-3-7-22/h4-6,8,14,20,23H,2-3,7,9-13,15-18,27H2,1H3,(H,28,30). The first-order valence-corrected chi connectivity index (χ1v) is 11.9. The number of amides is 1. The summed E-state index contributed by atoms with van der Waals surface area (Å²) in [5, 5.41) is 3.28. The van der Waals surface area contributed by atoms with Gasteiger partial charge in [0.15, 0.2) is 0 Å². The molecule has 162 valence electrons. The molecule has 0 saturated heterocycles. The predicted octanol–water partition coefficient (Wildman–Crippen LogP) is 4.84. The number of anilines is 1. The fraction of sp³-hybridized carbons (Fsp3) is 0.577. The molecule has 1 saturated carbocycles. The van der Waals surface area contributed by atoms with E-state index in [1.807, 2.05) is 0 Å². The summed E-state index contributed by atoms with van der Waals surface area (Å²) < 4.78 is 0. The van der Waals surface area contributed by atoms with Crippen molar-refractivity contribution in [2.75, 3.05) is 25.4 Å². The molecule has 0 radical (unpaired) electrons. The molecular formula is C26H37N3O. The van der Waals surface area contributed by atoms with Gasteiger partial charge in [-0.1, -0.05) is 30.4 Å². The van der Waals surface area contributed by atoms with Gasteiger partial charge in [-0.25, -0.2) is 0 Å². The van der Waals surface area contributed by atoms with Crippen molar-refractivity contribution in [3.63, 3.8) is 0 Å². The Labute approximate surface area is 181 Å². The zero-order valence-corrected chi connectivity index (χ0v) is 18.5. The number of nitrogens with two attached hydrogens (primary N) is 1. The molecule has 1 aromatic rings. The molecule has 30 heavy (non-hydrogen) atoms. The average Bonchev–Trinajstić information content (AvgIpc) is 3.31. The summed E-state index contributed by atoms with van der Waals surface area (Å²) in [6, 6.07) is 6.73. The molecule has 1 aromatic carbocycles. The molecule has 3 aliphatic rings. The van der Waals surface area contributed by atoms with Crippen molar-refractivity contribution in [1.29, 1.82) is 0 Å². The lowest BCUT2D eigenvalue weighted by molar-refractivity contribution is -0.118. The Morgan fingerprint density at radius 1 is 1.17 bits per heavy atom. The fourth-order valence-corrected chi connectivity index (χ4v) is 5.24. The zero-order chi connectivity index (χ0) is 20.9. The van der Waals surface area contributed by atoms with E-state index >= 15 is 0 Å². The Bertz CT molecular complexity index is 818. The van der Waals surface area contributed by atoms with E-state index < -0.39 is 0 Å². The van der Waals surface area contributed by atoms with Crippen molar-refractivity contribution < 1.29 is 4.79 Å². The van der Waals surface area contributed by atoms with Crippen molar-refractivity contribution in [1.82, 2.24) is 10.2 Å². The van der Waals surface area contributed by atoms with E-state index in [4.69, 9.17) is 5.73 Å². The second kappa shape index (κ2) is 9.82. The Kier molecular flexibility index (Phi) is 6.93. The minimum absolute atomic E-state index is 0.195. The van der Waals surface area contributed by atoms with Crippen LogP contribution in [0.2, 0.25) is 0 Å². The molecule has 1 heterocycles. The molecule has 3 N–H and O–H groups in total. The summed E-state index contributed by atoms with van der Waals surface area (Å²) in [6.45, 7) is 5.42. The lowest BCUT2D eigenvalue weighted by atomic mass is 9.83. The smallest absolute Gasteiger partial charge is 0.247 e. The van der Waals surface area contributed by atoms with E-state index in [2.05, 4.69) is 47.5 Å². The van der Waals surface area contributed by atoms with Crippen molar-refractivity contribution in [2.24, 2.45) is 5.92 Å². The van der Waals surface area contributed by atoms with Gasteiger partial charge in [0.25, 0.3) is 0 Å². The van der Waals surface area contributed by atoms with Gasteiger partial charge in [-0.05, 0) is 88.3 Å². The SMILES string of the molecule is Cc1cccc(C2=CCN(CCC3CCC(NC(=O)C4=CCCC4)CC3)CC2)c1N. The van der Waals surface area contributed by atoms with Gasteiger partial charge in [0.05, 0.1) is 0 Å². The van der Waals surface area contributed by atoms with Gasteiger partial charge < -0.3 is 11.1 Å². The Hall–Kier alpha value is -2.07. The number of hydrogen-bond acceptors (Lipinski definition) is 3. The topological polar surface area (TPSA) is 58.4 Å². The number of nitrogen functional groups attached to an aromatic ring is 1. The van der Waals surface area contributed by atoms with Crippen LogP contribution in [0.25, 0.3) is 5.57 Å². The van der Waals surface area contributed by atoms with Crippen LogP contribution in [0.3, 0.4) is 0 Å². The van der Waals surface area contributed by atoms with E-state index in [1.54, 1.807) is 0 Å². The normalized spacial score (nSPS) is 25.0. The highest BCUT2D eigenvalue weighted by Gasteiger charge is 2.24. The van der Waals surface area contributed by atoms with Gasteiger partial charge in [-0.2, -0.15) is 0 Å². The minimum atomic E-state index is 0.195. The third-order valence-corrected chi connectivity index (χ3v) is 7.33. The van der Waals surface area contributed by atoms with E-state index in [-0.39, 0.29) is 5.91 Å². The van der Waals surface area contributed by atoms with Crippen molar-refractivity contribution >= 4 is 17.2 Å². The molecule has 0 atom stereocenters. The molecule has 0 aromatic heterocycles. The molecule has 1 fully saturated rings. The van der Waals surface area contributed by atoms with Crippen LogP contribution in [0.4, 0.5) is 5.69 Å². The van der Waals surface area contributed by atoms with Crippen LogP contribution in [0.1, 0.15) is 68.9 Å². The van der Waals surface area contributed by atoms with E-state index in [9.17, 15) is 4.79 Å². The quantitative estimate of drug-likeness (QED) is 0.663. The van der Waals surface area contributed by atoms with Gasteiger partial charge in [-0.15, -0.1) is 0 Å². The lowest BCUT2D eigenvalue weighted by Gasteiger charge is -2.32. The predicted molar refractivity (Wildman–Crippen MR) is 125 cm³/mol. The molecule has 4 nitrogen and oxygen atoms in total. The number of hydrogen-bond donors (Lipinski definition) is 2. The molecule has 0 spiro atoms. The maximum absolute atomic E-state index is 12.3. The molecule has 0 unspecified atom stereocenters. The molecule has 1 aliphatic heterocycles. The van der Waals surface area contributed by atoms with Crippen LogP contribution in [0.15, 0.2) is 35.9 Å². The summed E-state index contributed by atoms with van der Waals surface area (Å²) in [5.41, 5.74) is 12.0. The van der Waals surface area contributed by atoms with Gasteiger partial charge in [0.2, 0.25) is 5.91 Å². The van der Waals surface area contributed by atoms with E-state index in [0.29, 0.717) is 6.04 Å². The highest BCUT2D eigenvalue weighted by atomic mass is 16.1. The maximum atomic E-state index is 12.3. The summed E-state index contributed by atoms with van der Waals surface area (Å²) in [4.78, 5) is 14.9. The molecule has 4 rings (SSSR count). The first kappa shape index (κ1) is 21.2. The number of benzene rings is 1. The third kappa shape index (κ3) is 5.15. The molecule has 0 bridgehead atoms. The lowest BCUT2D eigenvalue weighted by Crippen LogP contribution is -2.38. The molecule has 2 aliphatic carbocycles. The molecular weight excluding hydrogens is 370 g/mol. The number of carbonyl (C=O) groups is 1. The van der Waals surface area contributed by atoms with Gasteiger partial charge in [-0.3, -0.25) is 9.69 Å². The van der Waals surface area contributed by atoms with Crippen LogP contribution in [-0.4, -0.2) is 36.5 Å². The maximum Gasteiger partial charge on any atom is 0.247 e. The minimum Gasteiger partial charge on any atom is -0.398 e. The molecule has 1 amide bonds. The van der Waals surface area contributed by atoms with E-state index in [0.717, 1.165) is 68.8 Å². The number of nitrogens with one attached hydrogen (secondary N) is 1. The monoisotopic (exact) mass is 407 g/mol. The van der Waals surface area contributed by atoms with E-state index in [1.165, 1.54) is 42.5 Å². The van der Waals surface area contributed by atoms with Crippen molar-refractivity contribution in [2.45, 2.75) is 70.8 Å². The summed E-state index contributed by atoms with van der Waals surface area (Å²) in [7, 11) is 0. The van der Waals surface area contributed by atoms with Gasteiger partial charge in [0, 0.05) is 36.0 Å². The number of aryl methyl sites for hydroxylation is 1. The number of rotatable bonds is 6. The van der Waals surface area contributed by atoms with Crippen molar-refractivity contribution in [3.05, 3.63) is 47.1 Å². The Morgan fingerprint density at radius 3 is 2.70 bits per heavy atom. The van der Waals surface area contributed by atoms with Crippen LogP contribution in [-0.2, 0) is 4.79 Å².